The predicted molar refractivity (Wildman–Crippen MR) is 86.0 cm³/mol. The summed E-state index contributed by atoms with van der Waals surface area (Å²) in [7, 11) is 1.65. The van der Waals surface area contributed by atoms with E-state index in [9.17, 15) is 0 Å². The summed E-state index contributed by atoms with van der Waals surface area (Å²) in [6, 6.07) is 11.1. The van der Waals surface area contributed by atoms with Gasteiger partial charge in [0.1, 0.15) is 0 Å². The fraction of sp³-hybridized carbons (Fsp3) is 0.421. The highest BCUT2D eigenvalue weighted by atomic mass is 16.5. The van der Waals surface area contributed by atoms with E-state index in [2.05, 4.69) is 43.1 Å². The van der Waals surface area contributed by atoms with Crippen LogP contribution in [-0.4, -0.2) is 12.1 Å². The number of pyridine rings is 1. The van der Waals surface area contributed by atoms with Gasteiger partial charge in [-0.05, 0) is 53.4 Å². The first kappa shape index (κ1) is 14.1. The second-order valence-electron chi connectivity index (χ2n) is 6.58. The average Bonchev–Trinajstić information content (AvgIpc) is 2.81. The maximum Gasteiger partial charge on any atom is 0.212 e. The quantitative estimate of drug-likeness (QED) is 0.841. The van der Waals surface area contributed by atoms with Gasteiger partial charge in [-0.25, -0.2) is 4.98 Å². The summed E-state index contributed by atoms with van der Waals surface area (Å²) in [6.07, 6.45) is 6.50. The Hall–Kier alpha value is -1.83. The van der Waals surface area contributed by atoms with Crippen molar-refractivity contribution in [2.24, 2.45) is 0 Å². The van der Waals surface area contributed by atoms with Crippen LogP contribution in [0.5, 0.6) is 5.88 Å². The molecular weight excluding hydrogens is 258 g/mol. The maximum atomic E-state index is 5.09. The molecule has 110 valence electrons. The Labute approximate surface area is 127 Å². The second-order valence-corrected chi connectivity index (χ2v) is 6.58. The Morgan fingerprint density at radius 3 is 2.57 bits per heavy atom. The normalized spacial score (nSPS) is 15.8. The number of rotatable bonds is 4. The lowest BCUT2D eigenvalue weighted by atomic mass is 9.85. The number of fused-ring (bicyclic) bond motifs is 1. The minimum absolute atomic E-state index is 0.340. The molecule has 0 saturated carbocycles. The zero-order valence-electron chi connectivity index (χ0n) is 13.1. The molecular formula is C19H23NO. The van der Waals surface area contributed by atoms with E-state index in [4.69, 9.17) is 4.74 Å². The summed E-state index contributed by atoms with van der Waals surface area (Å²) in [5.41, 5.74) is 6.12. The highest BCUT2D eigenvalue weighted by molar-refractivity contribution is 5.41. The SMILES string of the molecule is COc1ccc(CCc2ccc3c(c2)C(C)(C)CC3)cn1. The van der Waals surface area contributed by atoms with Gasteiger partial charge in [-0.1, -0.05) is 38.1 Å². The summed E-state index contributed by atoms with van der Waals surface area (Å²) in [4.78, 5) is 4.27. The fourth-order valence-electron chi connectivity index (χ4n) is 3.18. The van der Waals surface area contributed by atoms with Crippen LogP contribution < -0.4 is 4.74 Å². The molecule has 1 aromatic heterocycles. The lowest BCUT2D eigenvalue weighted by molar-refractivity contribution is 0.397. The van der Waals surface area contributed by atoms with Crippen molar-refractivity contribution < 1.29 is 4.74 Å². The van der Waals surface area contributed by atoms with Crippen molar-refractivity contribution in [2.45, 2.75) is 44.9 Å². The van der Waals surface area contributed by atoms with Crippen LogP contribution in [0.2, 0.25) is 0 Å². The number of benzene rings is 1. The van der Waals surface area contributed by atoms with Crippen LogP contribution >= 0.6 is 0 Å². The Balaban J connectivity index is 1.71. The number of aryl methyl sites for hydroxylation is 3. The third-order valence-corrected chi connectivity index (χ3v) is 4.63. The lowest BCUT2D eigenvalue weighted by Gasteiger charge is -2.19. The molecule has 21 heavy (non-hydrogen) atoms. The van der Waals surface area contributed by atoms with E-state index >= 15 is 0 Å². The standard InChI is InChI=1S/C19H23NO/c1-19(2)11-10-16-8-6-14(12-17(16)19)4-5-15-7-9-18(21-3)20-13-15/h6-9,12-13H,4-5,10-11H2,1-3H3. The summed E-state index contributed by atoms with van der Waals surface area (Å²) < 4.78 is 5.09. The van der Waals surface area contributed by atoms with E-state index in [-0.39, 0.29) is 0 Å². The third kappa shape index (κ3) is 2.94. The molecule has 1 aliphatic rings. The van der Waals surface area contributed by atoms with E-state index in [1.165, 1.54) is 29.5 Å². The Morgan fingerprint density at radius 1 is 1.10 bits per heavy atom. The molecule has 0 unspecified atom stereocenters. The first-order valence-electron chi connectivity index (χ1n) is 7.70. The average molecular weight is 281 g/mol. The Morgan fingerprint density at radius 2 is 1.86 bits per heavy atom. The van der Waals surface area contributed by atoms with Crippen molar-refractivity contribution in [3.63, 3.8) is 0 Å². The van der Waals surface area contributed by atoms with Gasteiger partial charge < -0.3 is 4.74 Å². The molecule has 1 heterocycles. The zero-order valence-corrected chi connectivity index (χ0v) is 13.1. The Bertz CT molecular complexity index is 629. The molecule has 2 heteroatoms. The molecule has 0 fully saturated rings. The van der Waals surface area contributed by atoms with Crippen LogP contribution in [0.1, 0.15) is 42.5 Å². The molecule has 2 aromatic rings. The van der Waals surface area contributed by atoms with Crippen LogP contribution in [-0.2, 0) is 24.7 Å². The van der Waals surface area contributed by atoms with Crippen LogP contribution in [0.15, 0.2) is 36.5 Å². The highest BCUT2D eigenvalue weighted by Gasteiger charge is 2.29. The van der Waals surface area contributed by atoms with Gasteiger partial charge in [0, 0.05) is 12.3 Å². The molecule has 0 radical (unpaired) electrons. The second kappa shape index (κ2) is 5.51. The molecule has 2 nitrogen and oxygen atoms in total. The summed E-state index contributed by atoms with van der Waals surface area (Å²) in [5.74, 6) is 0.679. The lowest BCUT2D eigenvalue weighted by Crippen LogP contribution is -2.12. The van der Waals surface area contributed by atoms with Crippen molar-refractivity contribution in [1.82, 2.24) is 4.98 Å². The topological polar surface area (TPSA) is 22.1 Å². The van der Waals surface area contributed by atoms with Crippen molar-refractivity contribution >= 4 is 0 Å². The molecule has 0 aliphatic heterocycles. The number of nitrogens with zero attached hydrogens (tertiary/aromatic N) is 1. The smallest absolute Gasteiger partial charge is 0.212 e. The Kier molecular flexibility index (Phi) is 3.71. The van der Waals surface area contributed by atoms with Gasteiger partial charge in [0.2, 0.25) is 5.88 Å². The van der Waals surface area contributed by atoms with E-state index in [0.29, 0.717) is 11.3 Å². The fourth-order valence-corrected chi connectivity index (χ4v) is 3.18. The van der Waals surface area contributed by atoms with E-state index in [1.807, 2.05) is 12.3 Å². The molecule has 3 rings (SSSR count). The largest absolute Gasteiger partial charge is 0.481 e. The van der Waals surface area contributed by atoms with Gasteiger partial charge in [-0.15, -0.1) is 0 Å². The number of methoxy groups -OCH3 is 1. The van der Waals surface area contributed by atoms with Crippen LogP contribution in [0, 0.1) is 0 Å². The van der Waals surface area contributed by atoms with E-state index in [0.717, 1.165) is 12.8 Å². The molecule has 0 N–H and O–H groups in total. The summed E-state index contributed by atoms with van der Waals surface area (Å²) in [5, 5.41) is 0. The minimum atomic E-state index is 0.340. The monoisotopic (exact) mass is 281 g/mol. The van der Waals surface area contributed by atoms with Gasteiger partial charge >= 0.3 is 0 Å². The molecule has 1 aliphatic carbocycles. The molecule has 0 saturated heterocycles. The van der Waals surface area contributed by atoms with Gasteiger partial charge in [0.15, 0.2) is 0 Å². The number of ether oxygens (including phenoxy) is 1. The molecule has 0 atom stereocenters. The molecule has 0 spiro atoms. The molecule has 1 aromatic carbocycles. The van der Waals surface area contributed by atoms with Crippen molar-refractivity contribution in [2.75, 3.05) is 7.11 Å². The summed E-state index contributed by atoms with van der Waals surface area (Å²) in [6.45, 7) is 4.71. The van der Waals surface area contributed by atoms with Gasteiger partial charge in [0.05, 0.1) is 7.11 Å². The molecule has 0 bridgehead atoms. The van der Waals surface area contributed by atoms with Gasteiger partial charge in [0.25, 0.3) is 0 Å². The van der Waals surface area contributed by atoms with Crippen molar-refractivity contribution in [1.29, 1.82) is 0 Å². The van der Waals surface area contributed by atoms with E-state index < -0.39 is 0 Å². The van der Waals surface area contributed by atoms with Crippen LogP contribution in [0.25, 0.3) is 0 Å². The minimum Gasteiger partial charge on any atom is -0.481 e. The van der Waals surface area contributed by atoms with Crippen molar-refractivity contribution in [3.8, 4) is 5.88 Å². The van der Waals surface area contributed by atoms with E-state index in [1.54, 1.807) is 12.7 Å². The maximum absolute atomic E-state index is 5.09. The zero-order chi connectivity index (χ0) is 14.9. The number of aromatic nitrogens is 1. The first-order chi connectivity index (χ1) is 10.1. The molecule has 0 amide bonds. The predicted octanol–water partition coefficient (Wildman–Crippen LogP) is 4.10. The van der Waals surface area contributed by atoms with Crippen LogP contribution in [0.3, 0.4) is 0 Å². The van der Waals surface area contributed by atoms with Crippen LogP contribution in [0.4, 0.5) is 0 Å². The third-order valence-electron chi connectivity index (χ3n) is 4.63. The van der Waals surface area contributed by atoms with Gasteiger partial charge in [-0.3, -0.25) is 0 Å². The van der Waals surface area contributed by atoms with Gasteiger partial charge in [-0.2, -0.15) is 0 Å². The number of hydrogen-bond donors (Lipinski definition) is 0. The van der Waals surface area contributed by atoms with Crippen molar-refractivity contribution in [3.05, 3.63) is 58.8 Å². The highest BCUT2D eigenvalue weighted by Crippen LogP contribution is 2.38. The number of hydrogen-bond acceptors (Lipinski definition) is 2. The summed E-state index contributed by atoms with van der Waals surface area (Å²) >= 11 is 0. The first-order valence-corrected chi connectivity index (χ1v) is 7.70.